The average Bonchev–Trinajstić information content (AvgIpc) is 3.00. The Kier molecular flexibility index (Phi) is 5.56. The fourth-order valence-corrected chi connectivity index (χ4v) is 2.77. The highest BCUT2D eigenvalue weighted by molar-refractivity contribution is 7.80. The number of aryl methyl sites for hydroxylation is 1. The van der Waals surface area contributed by atoms with Gasteiger partial charge in [-0.3, -0.25) is 5.43 Å². The molecule has 0 spiro atoms. The molecule has 3 aromatic rings. The van der Waals surface area contributed by atoms with E-state index in [-0.39, 0.29) is 16.6 Å². The summed E-state index contributed by atoms with van der Waals surface area (Å²) in [5.74, 6) is -0.388. The summed E-state index contributed by atoms with van der Waals surface area (Å²) in [7, 11) is 0. The Hall–Kier alpha value is -3.24. The van der Waals surface area contributed by atoms with Crippen LogP contribution in [0.5, 0.6) is 0 Å². The predicted octanol–water partition coefficient (Wildman–Crippen LogP) is 4.01. The van der Waals surface area contributed by atoms with E-state index in [9.17, 15) is 4.39 Å². The van der Waals surface area contributed by atoms with Crippen LogP contribution in [0.15, 0.2) is 59.8 Å². The van der Waals surface area contributed by atoms with Crippen LogP contribution in [0.25, 0.3) is 10.9 Å². The van der Waals surface area contributed by atoms with Gasteiger partial charge in [0.05, 0.1) is 24.4 Å². The van der Waals surface area contributed by atoms with Gasteiger partial charge < -0.3 is 9.88 Å². The summed E-state index contributed by atoms with van der Waals surface area (Å²) in [6, 6.07) is 16.3. The molecule has 7 heteroatoms. The Labute approximate surface area is 155 Å². The van der Waals surface area contributed by atoms with E-state index in [1.54, 1.807) is 24.4 Å². The molecular formula is C19H16FN5S. The van der Waals surface area contributed by atoms with Crippen molar-refractivity contribution in [2.24, 2.45) is 5.10 Å². The summed E-state index contributed by atoms with van der Waals surface area (Å²) in [5, 5.41) is 16.9. The number of hydrogen-bond donors (Lipinski definition) is 2. The van der Waals surface area contributed by atoms with Crippen LogP contribution in [0.1, 0.15) is 12.0 Å². The van der Waals surface area contributed by atoms with Crippen molar-refractivity contribution >= 4 is 40.1 Å². The third-order valence-corrected chi connectivity index (χ3v) is 3.97. The SMILES string of the molecule is N#CCCn1cc(/C=N\NC(=S)Nc2ccccc2F)c2ccccc21. The van der Waals surface area contributed by atoms with Gasteiger partial charge in [-0.25, -0.2) is 4.39 Å². The minimum atomic E-state index is -0.388. The lowest BCUT2D eigenvalue weighted by molar-refractivity contribution is 0.632. The van der Waals surface area contributed by atoms with Gasteiger partial charge in [0, 0.05) is 29.2 Å². The van der Waals surface area contributed by atoms with E-state index < -0.39 is 0 Å². The molecule has 2 aromatic carbocycles. The van der Waals surface area contributed by atoms with E-state index in [1.807, 2.05) is 35.0 Å². The van der Waals surface area contributed by atoms with Gasteiger partial charge in [0.15, 0.2) is 5.11 Å². The minimum absolute atomic E-state index is 0.194. The molecule has 0 fully saturated rings. The minimum Gasteiger partial charge on any atom is -0.346 e. The van der Waals surface area contributed by atoms with Gasteiger partial charge in [0.25, 0.3) is 0 Å². The smallest absolute Gasteiger partial charge is 0.191 e. The van der Waals surface area contributed by atoms with Gasteiger partial charge >= 0.3 is 0 Å². The lowest BCUT2D eigenvalue weighted by atomic mass is 10.2. The molecule has 0 amide bonds. The summed E-state index contributed by atoms with van der Waals surface area (Å²) in [5.41, 5.74) is 4.91. The molecule has 130 valence electrons. The summed E-state index contributed by atoms with van der Waals surface area (Å²) in [6.07, 6.45) is 4.03. The van der Waals surface area contributed by atoms with Crippen molar-refractivity contribution in [1.82, 2.24) is 9.99 Å². The topological polar surface area (TPSA) is 65.1 Å². The van der Waals surface area contributed by atoms with Crippen LogP contribution in [0.2, 0.25) is 0 Å². The van der Waals surface area contributed by atoms with Gasteiger partial charge in [-0.1, -0.05) is 30.3 Å². The number of nitriles is 1. The number of halogens is 1. The Bertz CT molecular complexity index is 1000. The van der Waals surface area contributed by atoms with Crippen LogP contribution < -0.4 is 10.7 Å². The molecule has 0 radical (unpaired) electrons. The van der Waals surface area contributed by atoms with Gasteiger partial charge in [0.1, 0.15) is 5.82 Å². The molecule has 3 rings (SSSR count). The maximum Gasteiger partial charge on any atom is 0.191 e. The zero-order valence-corrected chi connectivity index (χ0v) is 14.6. The summed E-state index contributed by atoms with van der Waals surface area (Å²) >= 11 is 5.13. The Morgan fingerprint density at radius 1 is 1.23 bits per heavy atom. The first-order valence-electron chi connectivity index (χ1n) is 7.98. The van der Waals surface area contributed by atoms with E-state index in [0.717, 1.165) is 16.5 Å². The molecular weight excluding hydrogens is 349 g/mol. The van der Waals surface area contributed by atoms with Crippen molar-refractivity contribution in [3.05, 3.63) is 66.1 Å². The molecule has 26 heavy (non-hydrogen) atoms. The van der Waals surface area contributed by atoms with E-state index >= 15 is 0 Å². The van der Waals surface area contributed by atoms with Gasteiger partial charge in [0.2, 0.25) is 0 Å². The standard InChI is InChI=1S/C19H16FN5S/c20-16-7-2-3-8-17(16)23-19(26)24-22-12-14-13-25(11-5-10-21)18-9-4-1-6-15(14)18/h1-4,6-9,12-13H,5,11H2,(H2,23,24,26)/b22-12-. The number of anilines is 1. The number of rotatable bonds is 5. The highest BCUT2D eigenvalue weighted by atomic mass is 32.1. The van der Waals surface area contributed by atoms with Crippen LogP contribution in [-0.4, -0.2) is 15.9 Å². The maximum atomic E-state index is 13.6. The number of aromatic nitrogens is 1. The fourth-order valence-electron chi connectivity index (χ4n) is 2.61. The summed E-state index contributed by atoms with van der Waals surface area (Å²) in [6.45, 7) is 0.617. The quantitative estimate of drug-likeness (QED) is 0.407. The van der Waals surface area contributed by atoms with Crippen molar-refractivity contribution in [2.45, 2.75) is 13.0 Å². The predicted molar refractivity (Wildman–Crippen MR) is 106 cm³/mol. The Morgan fingerprint density at radius 2 is 2.00 bits per heavy atom. The second-order valence-electron chi connectivity index (χ2n) is 5.51. The van der Waals surface area contributed by atoms with Crippen LogP contribution in [0.4, 0.5) is 10.1 Å². The molecule has 0 aliphatic carbocycles. The molecule has 0 bridgehead atoms. The summed E-state index contributed by atoms with van der Waals surface area (Å²) < 4.78 is 15.6. The number of hydrogen-bond acceptors (Lipinski definition) is 3. The molecule has 0 saturated carbocycles. The largest absolute Gasteiger partial charge is 0.346 e. The second kappa shape index (κ2) is 8.23. The van der Waals surface area contributed by atoms with E-state index in [2.05, 4.69) is 21.9 Å². The van der Waals surface area contributed by atoms with E-state index in [0.29, 0.717) is 13.0 Å². The number of para-hydroxylation sites is 2. The normalized spacial score (nSPS) is 10.8. The molecule has 0 unspecified atom stereocenters. The lowest BCUT2D eigenvalue weighted by Gasteiger charge is -2.07. The van der Waals surface area contributed by atoms with Crippen molar-refractivity contribution in [2.75, 3.05) is 5.32 Å². The van der Waals surface area contributed by atoms with Crippen molar-refractivity contribution in [3.63, 3.8) is 0 Å². The number of fused-ring (bicyclic) bond motifs is 1. The van der Waals surface area contributed by atoms with Crippen molar-refractivity contribution < 1.29 is 4.39 Å². The lowest BCUT2D eigenvalue weighted by Crippen LogP contribution is -2.24. The number of thiocarbonyl (C=S) groups is 1. The Balaban J connectivity index is 1.71. The third-order valence-electron chi connectivity index (χ3n) is 3.78. The van der Waals surface area contributed by atoms with Crippen LogP contribution in [0.3, 0.4) is 0 Å². The first-order chi connectivity index (χ1) is 12.7. The first-order valence-corrected chi connectivity index (χ1v) is 8.39. The molecule has 1 heterocycles. The van der Waals surface area contributed by atoms with Crippen LogP contribution in [0, 0.1) is 17.1 Å². The molecule has 1 aromatic heterocycles. The highest BCUT2D eigenvalue weighted by Crippen LogP contribution is 2.20. The molecule has 0 aliphatic rings. The number of nitrogens with one attached hydrogen (secondary N) is 2. The zero-order chi connectivity index (χ0) is 18.4. The highest BCUT2D eigenvalue weighted by Gasteiger charge is 2.06. The fraction of sp³-hybridized carbons (Fsp3) is 0.105. The first kappa shape index (κ1) is 17.6. The van der Waals surface area contributed by atoms with E-state index in [4.69, 9.17) is 17.5 Å². The van der Waals surface area contributed by atoms with Crippen molar-refractivity contribution in [3.8, 4) is 6.07 Å². The monoisotopic (exact) mass is 365 g/mol. The third kappa shape index (κ3) is 4.05. The molecule has 0 saturated heterocycles. The Morgan fingerprint density at radius 3 is 2.81 bits per heavy atom. The van der Waals surface area contributed by atoms with Gasteiger partial charge in [-0.15, -0.1) is 0 Å². The number of benzene rings is 2. The second-order valence-corrected chi connectivity index (χ2v) is 5.92. The molecule has 2 N–H and O–H groups in total. The van der Waals surface area contributed by atoms with Crippen molar-refractivity contribution in [1.29, 1.82) is 5.26 Å². The number of hydrazone groups is 1. The van der Waals surface area contributed by atoms with Crippen LogP contribution in [-0.2, 0) is 6.54 Å². The molecule has 0 aliphatic heterocycles. The number of nitrogens with zero attached hydrogens (tertiary/aromatic N) is 3. The zero-order valence-electron chi connectivity index (χ0n) is 13.8. The molecule has 5 nitrogen and oxygen atoms in total. The average molecular weight is 365 g/mol. The van der Waals surface area contributed by atoms with Gasteiger partial charge in [-0.05, 0) is 30.4 Å². The molecule has 0 atom stereocenters. The van der Waals surface area contributed by atoms with E-state index in [1.165, 1.54) is 6.07 Å². The van der Waals surface area contributed by atoms with Gasteiger partial charge in [-0.2, -0.15) is 10.4 Å². The maximum absolute atomic E-state index is 13.6. The van der Waals surface area contributed by atoms with Crippen LogP contribution >= 0.6 is 12.2 Å². The summed E-state index contributed by atoms with van der Waals surface area (Å²) in [4.78, 5) is 0.